The summed E-state index contributed by atoms with van der Waals surface area (Å²) < 4.78 is 4.92. The molecule has 2 rings (SSSR count). The summed E-state index contributed by atoms with van der Waals surface area (Å²) in [4.78, 5) is 19.7. The summed E-state index contributed by atoms with van der Waals surface area (Å²) in [7, 11) is 0. The fraction of sp³-hybridized carbons (Fsp3) is 0.214. The van der Waals surface area contributed by atoms with Crippen LogP contribution in [-0.4, -0.2) is 22.5 Å². The molecule has 0 amide bonds. The highest BCUT2D eigenvalue weighted by Gasteiger charge is 2.05. The summed E-state index contributed by atoms with van der Waals surface area (Å²) in [5, 5.41) is 0. The van der Waals surface area contributed by atoms with Crippen molar-refractivity contribution in [3.8, 4) is 0 Å². The third-order valence-electron chi connectivity index (χ3n) is 2.47. The highest BCUT2D eigenvalue weighted by molar-refractivity contribution is 5.89. The van der Waals surface area contributed by atoms with Gasteiger partial charge in [-0.15, -0.1) is 0 Å². The van der Waals surface area contributed by atoms with Gasteiger partial charge in [-0.2, -0.15) is 0 Å². The molecule has 0 aliphatic carbocycles. The predicted octanol–water partition coefficient (Wildman–Crippen LogP) is 2.24. The van der Waals surface area contributed by atoms with Crippen LogP contribution >= 0.6 is 0 Å². The molecule has 0 unspecified atom stereocenters. The topological polar surface area (TPSA) is 52.1 Å². The quantitative estimate of drug-likeness (QED) is 0.771. The average Bonchev–Trinajstić information content (AvgIpc) is 2.41. The molecular weight excluding hydrogens is 228 g/mol. The smallest absolute Gasteiger partial charge is 0.338 e. The normalized spacial score (nSPS) is 10.1. The van der Waals surface area contributed by atoms with Gasteiger partial charge in [-0.25, -0.2) is 4.79 Å². The van der Waals surface area contributed by atoms with E-state index >= 15 is 0 Å². The zero-order valence-corrected chi connectivity index (χ0v) is 10.2. The van der Waals surface area contributed by atoms with E-state index in [-0.39, 0.29) is 5.97 Å². The summed E-state index contributed by atoms with van der Waals surface area (Å²) in [6.45, 7) is 2.18. The van der Waals surface area contributed by atoms with Crippen LogP contribution < -0.4 is 0 Å². The van der Waals surface area contributed by atoms with Gasteiger partial charge in [0.15, 0.2) is 0 Å². The second-order valence-electron chi connectivity index (χ2n) is 3.79. The fourth-order valence-electron chi connectivity index (χ4n) is 1.60. The minimum atomic E-state index is -0.288. The van der Waals surface area contributed by atoms with Crippen LogP contribution in [0.2, 0.25) is 0 Å². The second-order valence-corrected chi connectivity index (χ2v) is 3.79. The molecule has 4 heteroatoms. The molecular formula is C14H14N2O2. The summed E-state index contributed by atoms with van der Waals surface area (Å²) in [5.74, 6) is -0.288. The van der Waals surface area contributed by atoms with Crippen LogP contribution in [0.25, 0.3) is 0 Å². The van der Waals surface area contributed by atoms with Gasteiger partial charge in [-0.3, -0.25) is 9.97 Å². The van der Waals surface area contributed by atoms with Gasteiger partial charge in [0.2, 0.25) is 0 Å². The number of nitrogens with zero attached hydrogens (tertiary/aromatic N) is 2. The molecule has 1 aromatic carbocycles. The molecule has 0 fully saturated rings. The lowest BCUT2D eigenvalue weighted by Crippen LogP contribution is -2.04. The van der Waals surface area contributed by atoms with E-state index in [2.05, 4.69) is 9.97 Å². The van der Waals surface area contributed by atoms with Crippen LogP contribution in [0.3, 0.4) is 0 Å². The minimum Gasteiger partial charge on any atom is -0.462 e. The van der Waals surface area contributed by atoms with E-state index in [0.717, 1.165) is 11.3 Å². The van der Waals surface area contributed by atoms with Crippen LogP contribution in [0.15, 0.2) is 42.9 Å². The van der Waals surface area contributed by atoms with E-state index in [1.807, 2.05) is 12.1 Å². The molecule has 18 heavy (non-hydrogen) atoms. The second kappa shape index (κ2) is 5.91. The van der Waals surface area contributed by atoms with Crippen LogP contribution in [-0.2, 0) is 11.2 Å². The first-order chi connectivity index (χ1) is 8.79. The maximum absolute atomic E-state index is 11.5. The summed E-state index contributed by atoms with van der Waals surface area (Å²) in [6.07, 6.45) is 5.76. The zero-order valence-electron chi connectivity index (χ0n) is 10.2. The molecule has 0 spiro atoms. The molecule has 0 saturated carbocycles. The Morgan fingerprint density at radius 3 is 2.61 bits per heavy atom. The molecule has 0 bridgehead atoms. The van der Waals surface area contributed by atoms with Gasteiger partial charge in [-0.05, 0) is 24.6 Å². The van der Waals surface area contributed by atoms with E-state index in [4.69, 9.17) is 4.74 Å². The van der Waals surface area contributed by atoms with Crippen molar-refractivity contribution in [2.24, 2.45) is 0 Å². The summed E-state index contributed by atoms with van der Waals surface area (Å²) in [6, 6.07) is 7.34. The number of carbonyl (C=O) groups is 1. The van der Waals surface area contributed by atoms with Gasteiger partial charge < -0.3 is 4.74 Å². The van der Waals surface area contributed by atoms with Gasteiger partial charge in [-0.1, -0.05) is 12.1 Å². The van der Waals surface area contributed by atoms with E-state index in [1.54, 1.807) is 37.6 Å². The molecule has 2 aromatic rings. The van der Waals surface area contributed by atoms with Gasteiger partial charge >= 0.3 is 5.97 Å². The van der Waals surface area contributed by atoms with Crippen molar-refractivity contribution in [2.45, 2.75) is 13.3 Å². The number of hydrogen-bond acceptors (Lipinski definition) is 4. The monoisotopic (exact) mass is 242 g/mol. The maximum atomic E-state index is 11.5. The lowest BCUT2D eigenvalue weighted by atomic mass is 10.1. The van der Waals surface area contributed by atoms with Crippen molar-refractivity contribution in [3.63, 3.8) is 0 Å². The highest BCUT2D eigenvalue weighted by atomic mass is 16.5. The highest BCUT2D eigenvalue weighted by Crippen LogP contribution is 2.09. The lowest BCUT2D eigenvalue weighted by Gasteiger charge is -2.03. The first-order valence-corrected chi connectivity index (χ1v) is 5.80. The van der Waals surface area contributed by atoms with Crippen LogP contribution in [0.1, 0.15) is 28.5 Å². The molecule has 0 aliphatic heterocycles. The third kappa shape index (κ3) is 3.13. The first-order valence-electron chi connectivity index (χ1n) is 5.80. The molecule has 0 N–H and O–H groups in total. The molecule has 0 atom stereocenters. The van der Waals surface area contributed by atoms with E-state index < -0.39 is 0 Å². The van der Waals surface area contributed by atoms with Crippen LogP contribution in [0.4, 0.5) is 0 Å². The predicted molar refractivity (Wildman–Crippen MR) is 67.2 cm³/mol. The van der Waals surface area contributed by atoms with E-state index in [9.17, 15) is 4.79 Å². The number of carbonyl (C=O) groups excluding carboxylic acids is 1. The van der Waals surface area contributed by atoms with Crippen molar-refractivity contribution in [3.05, 3.63) is 59.7 Å². The standard InChI is InChI=1S/C14H14N2O2/c1-2-18-14(17)12-5-3-11(4-6-12)9-13-10-15-7-8-16-13/h3-8,10H,2,9H2,1H3. The number of rotatable bonds is 4. The van der Waals surface area contributed by atoms with Crippen LogP contribution in [0.5, 0.6) is 0 Å². The fourth-order valence-corrected chi connectivity index (χ4v) is 1.60. The van der Waals surface area contributed by atoms with Gasteiger partial charge in [0, 0.05) is 25.0 Å². The Morgan fingerprint density at radius 2 is 2.00 bits per heavy atom. The Balaban J connectivity index is 2.06. The number of benzene rings is 1. The summed E-state index contributed by atoms with van der Waals surface area (Å²) in [5.41, 5.74) is 2.56. The SMILES string of the molecule is CCOC(=O)c1ccc(Cc2cnccn2)cc1. The number of hydrogen-bond donors (Lipinski definition) is 0. The van der Waals surface area contributed by atoms with Gasteiger partial charge in [0.05, 0.1) is 17.9 Å². The molecule has 92 valence electrons. The van der Waals surface area contributed by atoms with Crippen molar-refractivity contribution in [1.82, 2.24) is 9.97 Å². The number of aromatic nitrogens is 2. The van der Waals surface area contributed by atoms with Crippen molar-refractivity contribution < 1.29 is 9.53 Å². The molecule has 0 saturated heterocycles. The average molecular weight is 242 g/mol. The minimum absolute atomic E-state index is 0.288. The molecule has 0 aliphatic rings. The molecule has 1 heterocycles. The van der Waals surface area contributed by atoms with Gasteiger partial charge in [0.25, 0.3) is 0 Å². The van der Waals surface area contributed by atoms with Crippen LogP contribution in [0, 0.1) is 0 Å². The summed E-state index contributed by atoms with van der Waals surface area (Å²) >= 11 is 0. The molecule has 0 radical (unpaired) electrons. The zero-order chi connectivity index (χ0) is 12.8. The van der Waals surface area contributed by atoms with E-state index in [1.165, 1.54) is 0 Å². The van der Waals surface area contributed by atoms with Crippen molar-refractivity contribution in [1.29, 1.82) is 0 Å². The lowest BCUT2D eigenvalue weighted by molar-refractivity contribution is 0.0526. The first kappa shape index (κ1) is 12.2. The number of ether oxygens (including phenoxy) is 1. The Morgan fingerprint density at radius 1 is 1.22 bits per heavy atom. The van der Waals surface area contributed by atoms with Gasteiger partial charge in [0.1, 0.15) is 0 Å². The maximum Gasteiger partial charge on any atom is 0.338 e. The largest absolute Gasteiger partial charge is 0.462 e. The Labute approximate surface area is 106 Å². The molecule has 1 aromatic heterocycles. The number of esters is 1. The third-order valence-corrected chi connectivity index (χ3v) is 2.47. The Kier molecular flexibility index (Phi) is 4.02. The molecule has 4 nitrogen and oxygen atoms in total. The Bertz CT molecular complexity index is 509. The Hall–Kier alpha value is -2.23. The van der Waals surface area contributed by atoms with E-state index in [0.29, 0.717) is 18.6 Å². The van der Waals surface area contributed by atoms with Crippen molar-refractivity contribution >= 4 is 5.97 Å². The van der Waals surface area contributed by atoms with Crippen molar-refractivity contribution in [2.75, 3.05) is 6.61 Å².